The maximum atomic E-state index is 12.0. The number of amidine groups is 1. The molecule has 3 nitrogen and oxygen atoms in total. The van der Waals surface area contributed by atoms with Crippen LogP contribution in [0.2, 0.25) is 0 Å². The fourth-order valence-electron chi connectivity index (χ4n) is 0.639. The Hall–Kier alpha value is -1.11. The van der Waals surface area contributed by atoms with Crippen molar-refractivity contribution in [3.8, 4) is 0 Å². The van der Waals surface area contributed by atoms with Gasteiger partial charge in [0.25, 0.3) is 0 Å². The first kappa shape index (κ1) is 8.98. The van der Waals surface area contributed by atoms with Crippen LogP contribution in [0.1, 0.15) is 10.6 Å². The van der Waals surface area contributed by atoms with E-state index in [2.05, 4.69) is 4.98 Å². The first-order valence-electron chi connectivity index (χ1n) is 2.78. The second-order valence-corrected chi connectivity index (χ2v) is 2.80. The van der Waals surface area contributed by atoms with Crippen molar-refractivity contribution in [2.45, 2.75) is 6.18 Å². The number of nitrogens with zero attached hydrogens (tertiary/aromatic N) is 1. The lowest BCUT2D eigenvalue weighted by atomic mass is 10.3. The first-order chi connectivity index (χ1) is 5.43. The van der Waals surface area contributed by atoms with Crippen LogP contribution in [0.15, 0.2) is 5.51 Å². The van der Waals surface area contributed by atoms with Crippen LogP contribution in [-0.2, 0) is 6.18 Å². The molecule has 0 fully saturated rings. The lowest BCUT2D eigenvalue weighted by Crippen LogP contribution is -2.16. The molecule has 0 aliphatic carbocycles. The number of aromatic nitrogens is 1. The van der Waals surface area contributed by atoms with Crippen LogP contribution in [0.25, 0.3) is 0 Å². The zero-order valence-electron chi connectivity index (χ0n) is 5.64. The number of rotatable bonds is 1. The highest BCUT2D eigenvalue weighted by Gasteiger charge is 2.36. The normalized spacial score (nSPS) is 11.6. The summed E-state index contributed by atoms with van der Waals surface area (Å²) in [6, 6.07) is 0. The van der Waals surface area contributed by atoms with E-state index in [1.165, 1.54) is 0 Å². The van der Waals surface area contributed by atoms with E-state index >= 15 is 0 Å². The molecule has 0 atom stereocenters. The van der Waals surface area contributed by atoms with Gasteiger partial charge in [0.1, 0.15) is 10.7 Å². The molecule has 0 saturated carbocycles. The average Bonchev–Trinajstić information content (AvgIpc) is 2.30. The molecule has 0 radical (unpaired) electrons. The molecule has 3 N–H and O–H groups in total. The van der Waals surface area contributed by atoms with Gasteiger partial charge in [0, 0.05) is 0 Å². The second-order valence-electron chi connectivity index (χ2n) is 1.94. The van der Waals surface area contributed by atoms with Crippen LogP contribution in [0.5, 0.6) is 0 Å². The first-order valence-corrected chi connectivity index (χ1v) is 3.66. The predicted octanol–water partition coefficient (Wildman–Crippen LogP) is 1.45. The minimum atomic E-state index is -4.53. The van der Waals surface area contributed by atoms with Gasteiger partial charge in [-0.3, -0.25) is 5.41 Å². The van der Waals surface area contributed by atoms with Crippen molar-refractivity contribution in [3.05, 3.63) is 16.1 Å². The SMILES string of the molecule is N=C(N)c1scnc1C(F)(F)F. The quantitative estimate of drug-likeness (QED) is 0.526. The minimum absolute atomic E-state index is 0.331. The van der Waals surface area contributed by atoms with Crippen molar-refractivity contribution in [2.75, 3.05) is 0 Å². The van der Waals surface area contributed by atoms with Crippen molar-refractivity contribution in [2.24, 2.45) is 5.73 Å². The van der Waals surface area contributed by atoms with Gasteiger partial charge in [-0.2, -0.15) is 13.2 Å². The van der Waals surface area contributed by atoms with Gasteiger partial charge >= 0.3 is 6.18 Å². The summed E-state index contributed by atoms with van der Waals surface area (Å²) in [5, 5.41) is 6.82. The van der Waals surface area contributed by atoms with Gasteiger partial charge in [0.15, 0.2) is 5.69 Å². The Balaban J connectivity index is 3.17. The van der Waals surface area contributed by atoms with Crippen LogP contribution in [0.3, 0.4) is 0 Å². The van der Waals surface area contributed by atoms with Crippen LogP contribution in [-0.4, -0.2) is 10.8 Å². The molecule has 1 aromatic heterocycles. The molecule has 66 valence electrons. The third kappa shape index (κ3) is 1.55. The molecule has 12 heavy (non-hydrogen) atoms. The molecular weight excluding hydrogens is 191 g/mol. The highest BCUT2D eigenvalue weighted by molar-refractivity contribution is 7.11. The average molecular weight is 195 g/mol. The van der Waals surface area contributed by atoms with Gasteiger partial charge in [-0.15, -0.1) is 11.3 Å². The van der Waals surface area contributed by atoms with Crippen molar-refractivity contribution in [3.63, 3.8) is 0 Å². The molecule has 7 heteroatoms. The van der Waals surface area contributed by atoms with Gasteiger partial charge in [0.05, 0.1) is 5.51 Å². The van der Waals surface area contributed by atoms with Crippen LogP contribution in [0.4, 0.5) is 13.2 Å². The number of hydrogen-bond donors (Lipinski definition) is 2. The Labute approximate surface area is 69.5 Å². The molecule has 0 aliphatic rings. The molecule has 0 saturated heterocycles. The highest BCUT2D eigenvalue weighted by atomic mass is 32.1. The summed E-state index contributed by atoms with van der Waals surface area (Å²) in [5.41, 5.74) is 4.84. The van der Waals surface area contributed by atoms with E-state index in [-0.39, 0.29) is 4.88 Å². The smallest absolute Gasteiger partial charge is 0.383 e. The minimum Gasteiger partial charge on any atom is -0.383 e. The summed E-state index contributed by atoms with van der Waals surface area (Å²) in [6.45, 7) is 0. The molecule has 0 bridgehead atoms. The molecule has 1 rings (SSSR count). The third-order valence-corrected chi connectivity index (χ3v) is 1.94. The third-order valence-electron chi connectivity index (χ3n) is 1.08. The Morgan fingerprint density at radius 3 is 2.50 bits per heavy atom. The number of hydrogen-bond acceptors (Lipinski definition) is 3. The molecule has 0 unspecified atom stereocenters. The van der Waals surface area contributed by atoms with Crippen molar-refractivity contribution in [1.29, 1.82) is 5.41 Å². The van der Waals surface area contributed by atoms with Crippen LogP contribution in [0, 0.1) is 5.41 Å². The number of alkyl halides is 3. The molecular formula is C5H4F3N3S. The topological polar surface area (TPSA) is 62.8 Å². The maximum absolute atomic E-state index is 12.0. The van der Waals surface area contributed by atoms with Crippen molar-refractivity contribution < 1.29 is 13.2 Å². The standard InChI is InChI=1S/C5H4F3N3S/c6-5(7,8)3-2(4(9)10)12-1-11-3/h1H,(H3,9,10). The van der Waals surface area contributed by atoms with Gasteiger partial charge in [-0.1, -0.05) is 0 Å². The van der Waals surface area contributed by atoms with Gasteiger partial charge in [0.2, 0.25) is 0 Å². The van der Waals surface area contributed by atoms with Gasteiger partial charge in [-0.05, 0) is 0 Å². The fraction of sp³-hybridized carbons (Fsp3) is 0.200. The summed E-state index contributed by atoms with van der Waals surface area (Å²) in [5.74, 6) is -0.607. The Morgan fingerprint density at radius 1 is 1.58 bits per heavy atom. The largest absolute Gasteiger partial charge is 0.434 e. The summed E-state index contributed by atoms with van der Waals surface area (Å²) >= 11 is 0.704. The number of thiazole rings is 1. The zero-order valence-corrected chi connectivity index (χ0v) is 6.46. The Morgan fingerprint density at radius 2 is 2.17 bits per heavy atom. The molecule has 0 amide bonds. The zero-order chi connectivity index (χ0) is 9.35. The van der Waals surface area contributed by atoms with Gasteiger partial charge < -0.3 is 5.73 Å². The van der Waals surface area contributed by atoms with Crippen LogP contribution >= 0.6 is 11.3 Å². The number of halogens is 3. The fourth-order valence-corrected chi connectivity index (χ4v) is 1.31. The van der Waals surface area contributed by atoms with E-state index in [0.29, 0.717) is 11.3 Å². The summed E-state index contributed by atoms with van der Waals surface area (Å²) in [6.07, 6.45) is -4.53. The van der Waals surface area contributed by atoms with E-state index in [9.17, 15) is 13.2 Å². The number of nitrogens with two attached hydrogens (primary N) is 1. The van der Waals surface area contributed by atoms with E-state index in [4.69, 9.17) is 11.1 Å². The number of nitrogen functional groups attached to an aromatic ring is 1. The van der Waals surface area contributed by atoms with E-state index in [0.717, 1.165) is 5.51 Å². The summed E-state index contributed by atoms with van der Waals surface area (Å²) in [4.78, 5) is 2.75. The van der Waals surface area contributed by atoms with E-state index in [1.54, 1.807) is 0 Å². The highest BCUT2D eigenvalue weighted by Crippen LogP contribution is 2.32. The molecule has 0 aliphatic heterocycles. The molecule has 1 aromatic rings. The monoisotopic (exact) mass is 195 g/mol. The predicted molar refractivity (Wildman–Crippen MR) is 38.1 cm³/mol. The number of nitrogens with one attached hydrogen (secondary N) is 1. The van der Waals surface area contributed by atoms with E-state index < -0.39 is 17.7 Å². The molecule has 0 aromatic carbocycles. The second kappa shape index (κ2) is 2.74. The Kier molecular flexibility index (Phi) is 2.05. The lowest BCUT2D eigenvalue weighted by molar-refractivity contribution is -0.140. The van der Waals surface area contributed by atoms with Crippen molar-refractivity contribution in [1.82, 2.24) is 4.98 Å². The maximum Gasteiger partial charge on any atom is 0.434 e. The van der Waals surface area contributed by atoms with Crippen LogP contribution < -0.4 is 5.73 Å². The summed E-state index contributed by atoms with van der Waals surface area (Å²) in [7, 11) is 0. The molecule has 0 spiro atoms. The van der Waals surface area contributed by atoms with Gasteiger partial charge in [-0.25, -0.2) is 4.98 Å². The summed E-state index contributed by atoms with van der Waals surface area (Å²) < 4.78 is 36.1. The lowest BCUT2D eigenvalue weighted by Gasteiger charge is -2.03. The molecule has 1 heterocycles. The Bertz CT molecular complexity index is 303. The van der Waals surface area contributed by atoms with Crippen molar-refractivity contribution >= 4 is 17.2 Å². The van der Waals surface area contributed by atoms with E-state index in [1.807, 2.05) is 0 Å².